The van der Waals surface area contributed by atoms with E-state index in [0.29, 0.717) is 11.1 Å². The van der Waals surface area contributed by atoms with Gasteiger partial charge in [-0.2, -0.15) is 0 Å². The van der Waals surface area contributed by atoms with Crippen LogP contribution in [-0.4, -0.2) is 47.0 Å². The zero-order chi connectivity index (χ0) is 23.1. The number of carbonyl (C=O) groups is 3. The van der Waals surface area contributed by atoms with E-state index in [1.165, 1.54) is 4.90 Å². The van der Waals surface area contributed by atoms with Crippen molar-refractivity contribution in [3.05, 3.63) is 35.4 Å². The Balaban J connectivity index is 3.17. The van der Waals surface area contributed by atoms with Crippen molar-refractivity contribution in [2.45, 2.75) is 72.2 Å². The third-order valence-electron chi connectivity index (χ3n) is 4.11. The van der Waals surface area contributed by atoms with Gasteiger partial charge in [0.15, 0.2) is 0 Å². The predicted molar refractivity (Wildman–Crippen MR) is 117 cm³/mol. The highest BCUT2D eigenvalue weighted by Gasteiger charge is 2.34. The van der Waals surface area contributed by atoms with Gasteiger partial charge in [-0.05, 0) is 66.2 Å². The molecule has 0 aliphatic rings. The number of nitrogens with one attached hydrogen (secondary N) is 2. The van der Waals surface area contributed by atoms with E-state index in [2.05, 4.69) is 16.6 Å². The van der Waals surface area contributed by atoms with Crippen molar-refractivity contribution in [1.29, 1.82) is 0 Å². The Morgan fingerprint density at radius 2 is 1.67 bits per heavy atom. The van der Waals surface area contributed by atoms with Crippen LogP contribution in [0.3, 0.4) is 0 Å². The minimum absolute atomic E-state index is 0.101. The number of hydrogen-bond donors (Lipinski definition) is 2. The van der Waals surface area contributed by atoms with Crippen molar-refractivity contribution in [3.63, 3.8) is 0 Å². The number of carbonyl (C=O) groups excluding carboxylic acids is 3. The number of benzene rings is 1. The van der Waals surface area contributed by atoms with Crippen molar-refractivity contribution in [2.75, 3.05) is 6.54 Å². The maximum absolute atomic E-state index is 13.1. The molecule has 7 heteroatoms. The van der Waals surface area contributed by atoms with Gasteiger partial charge >= 0.3 is 6.09 Å². The van der Waals surface area contributed by atoms with E-state index in [1.807, 2.05) is 13.8 Å². The van der Waals surface area contributed by atoms with Crippen molar-refractivity contribution in [1.82, 2.24) is 15.5 Å². The molecule has 1 aromatic carbocycles. The molecule has 0 aliphatic carbocycles. The maximum Gasteiger partial charge on any atom is 0.408 e. The molecule has 0 bridgehead atoms. The normalized spacial score (nSPS) is 13.0. The van der Waals surface area contributed by atoms with Gasteiger partial charge in [-0.15, -0.1) is 6.42 Å². The van der Waals surface area contributed by atoms with Crippen molar-refractivity contribution < 1.29 is 19.1 Å². The number of amides is 3. The number of likely N-dealkylation sites (N-methyl/N-ethyl adjacent to an activating group) is 1. The first-order valence-electron chi connectivity index (χ1n) is 10.1. The molecule has 2 atom stereocenters. The molecule has 0 saturated heterocycles. The fourth-order valence-electron chi connectivity index (χ4n) is 2.86. The predicted octanol–water partition coefficient (Wildman–Crippen LogP) is 3.00. The number of alkyl carbamates (subject to hydrolysis) is 1. The molecule has 7 nitrogen and oxygen atoms in total. The van der Waals surface area contributed by atoms with Crippen LogP contribution in [-0.2, 0) is 14.3 Å². The van der Waals surface area contributed by atoms with Gasteiger partial charge in [-0.1, -0.05) is 18.1 Å². The smallest absolute Gasteiger partial charge is 0.408 e. The van der Waals surface area contributed by atoms with E-state index >= 15 is 0 Å². The van der Waals surface area contributed by atoms with Crippen LogP contribution in [0.25, 0.3) is 0 Å². The SMILES string of the molecule is C#Cc1ccc(C(C(=O)NC(C)C)N(CC)C(=O)C(C)NC(=O)OC(C)(C)C)cc1. The molecule has 164 valence electrons. The fourth-order valence-corrected chi connectivity index (χ4v) is 2.86. The third kappa shape index (κ3) is 7.43. The first kappa shape index (κ1) is 25.0. The van der Waals surface area contributed by atoms with Gasteiger partial charge in [0, 0.05) is 18.2 Å². The number of rotatable bonds is 7. The van der Waals surface area contributed by atoms with Crippen LogP contribution in [0, 0.1) is 12.3 Å². The molecular formula is C23H33N3O4. The first-order chi connectivity index (χ1) is 13.9. The van der Waals surface area contributed by atoms with Gasteiger partial charge in [0.2, 0.25) is 11.8 Å². The lowest BCUT2D eigenvalue weighted by Crippen LogP contribution is -2.52. The second-order valence-corrected chi connectivity index (χ2v) is 8.32. The second-order valence-electron chi connectivity index (χ2n) is 8.32. The van der Waals surface area contributed by atoms with Crippen molar-refractivity contribution in [3.8, 4) is 12.3 Å². The Morgan fingerprint density at radius 1 is 1.10 bits per heavy atom. The zero-order valence-electron chi connectivity index (χ0n) is 18.9. The summed E-state index contributed by atoms with van der Waals surface area (Å²) in [5, 5.41) is 5.41. The van der Waals surface area contributed by atoms with E-state index in [1.54, 1.807) is 58.9 Å². The maximum atomic E-state index is 13.1. The quantitative estimate of drug-likeness (QED) is 0.670. The van der Waals surface area contributed by atoms with E-state index in [4.69, 9.17) is 11.2 Å². The highest BCUT2D eigenvalue weighted by molar-refractivity contribution is 5.92. The molecule has 0 saturated carbocycles. The first-order valence-corrected chi connectivity index (χ1v) is 10.1. The van der Waals surface area contributed by atoms with Crippen LogP contribution >= 0.6 is 0 Å². The topological polar surface area (TPSA) is 87.7 Å². The Kier molecular flexibility index (Phi) is 8.91. The van der Waals surface area contributed by atoms with Crippen molar-refractivity contribution >= 4 is 17.9 Å². The molecule has 30 heavy (non-hydrogen) atoms. The summed E-state index contributed by atoms with van der Waals surface area (Å²) in [4.78, 5) is 39.6. The Labute approximate surface area is 179 Å². The van der Waals surface area contributed by atoms with Crippen LogP contribution in [0.1, 0.15) is 65.6 Å². The van der Waals surface area contributed by atoms with Gasteiger partial charge in [0.1, 0.15) is 17.7 Å². The van der Waals surface area contributed by atoms with Crippen LogP contribution in [0.5, 0.6) is 0 Å². The molecule has 0 spiro atoms. The zero-order valence-corrected chi connectivity index (χ0v) is 18.9. The van der Waals surface area contributed by atoms with E-state index in [9.17, 15) is 14.4 Å². The Hall–Kier alpha value is -3.01. The van der Waals surface area contributed by atoms with Gasteiger partial charge in [0.25, 0.3) is 0 Å². The summed E-state index contributed by atoms with van der Waals surface area (Å²) in [5.74, 6) is 1.83. The molecule has 1 rings (SSSR count). The lowest BCUT2D eigenvalue weighted by atomic mass is 10.0. The number of ether oxygens (including phenoxy) is 1. The summed E-state index contributed by atoms with van der Waals surface area (Å²) in [6.07, 6.45) is 4.73. The standard InChI is InChI=1S/C23H33N3O4/c1-9-17-11-13-18(14-12-17)19(20(27)24-15(3)4)26(10-2)21(28)16(5)25-22(29)30-23(6,7)8/h1,11-16,19H,10H2,2-8H3,(H,24,27)(H,25,29). The van der Waals surface area contributed by atoms with Crippen LogP contribution in [0.15, 0.2) is 24.3 Å². The van der Waals surface area contributed by atoms with Gasteiger partial charge < -0.3 is 20.3 Å². The van der Waals surface area contributed by atoms with Gasteiger partial charge in [-0.25, -0.2) is 4.79 Å². The Bertz CT molecular complexity index is 788. The minimum Gasteiger partial charge on any atom is -0.444 e. The van der Waals surface area contributed by atoms with Crippen LogP contribution in [0.2, 0.25) is 0 Å². The largest absolute Gasteiger partial charge is 0.444 e. The molecule has 2 unspecified atom stereocenters. The lowest BCUT2D eigenvalue weighted by Gasteiger charge is -2.33. The molecule has 2 N–H and O–H groups in total. The molecular weight excluding hydrogens is 382 g/mol. The highest BCUT2D eigenvalue weighted by Crippen LogP contribution is 2.23. The number of nitrogens with zero attached hydrogens (tertiary/aromatic N) is 1. The highest BCUT2D eigenvalue weighted by atomic mass is 16.6. The minimum atomic E-state index is -0.876. The molecule has 0 aliphatic heterocycles. The molecule has 1 aromatic rings. The lowest BCUT2D eigenvalue weighted by molar-refractivity contribution is -0.142. The molecule has 0 heterocycles. The average Bonchev–Trinajstić information content (AvgIpc) is 2.63. The summed E-state index contributed by atoms with van der Waals surface area (Å²) in [5.41, 5.74) is 0.623. The second kappa shape index (κ2) is 10.7. The summed E-state index contributed by atoms with van der Waals surface area (Å²) >= 11 is 0. The fraction of sp³-hybridized carbons (Fsp3) is 0.522. The molecule has 0 aromatic heterocycles. The number of terminal acetylenes is 1. The van der Waals surface area contributed by atoms with E-state index in [-0.39, 0.29) is 18.5 Å². The Morgan fingerprint density at radius 3 is 2.10 bits per heavy atom. The number of hydrogen-bond acceptors (Lipinski definition) is 4. The van der Waals surface area contributed by atoms with Crippen LogP contribution < -0.4 is 10.6 Å². The van der Waals surface area contributed by atoms with Crippen molar-refractivity contribution in [2.24, 2.45) is 0 Å². The average molecular weight is 416 g/mol. The van der Waals surface area contributed by atoms with Gasteiger partial charge in [0.05, 0.1) is 0 Å². The summed E-state index contributed by atoms with van der Waals surface area (Å²) < 4.78 is 5.22. The monoisotopic (exact) mass is 415 g/mol. The molecule has 3 amide bonds. The van der Waals surface area contributed by atoms with Crippen LogP contribution in [0.4, 0.5) is 4.79 Å². The molecule has 0 radical (unpaired) electrons. The molecule has 0 fully saturated rings. The summed E-state index contributed by atoms with van der Waals surface area (Å²) in [6.45, 7) is 12.5. The van der Waals surface area contributed by atoms with Gasteiger partial charge in [-0.3, -0.25) is 9.59 Å². The third-order valence-corrected chi connectivity index (χ3v) is 4.11. The van der Waals surface area contributed by atoms with E-state index in [0.717, 1.165) is 0 Å². The van der Waals surface area contributed by atoms with E-state index < -0.39 is 29.7 Å². The summed E-state index contributed by atoms with van der Waals surface area (Å²) in [7, 11) is 0. The summed E-state index contributed by atoms with van der Waals surface area (Å²) in [6, 6.07) is 5.09.